The van der Waals surface area contributed by atoms with Gasteiger partial charge in [-0.3, -0.25) is 5.32 Å². The molecule has 1 aliphatic heterocycles. The molecule has 7 nitrogen and oxygen atoms in total. The van der Waals surface area contributed by atoms with Crippen LogP contribution in [0.1, 0.15) is 29.9 Å². The second-order valence-corrected chi connectivity index (χ2v) is 10.5. The van der Waals surface area contributed by atoms with E-state index >= 15 is 0 Å². The van der Waals surface area contributed by atoms with Crippen molar-refractivity contribution in [1.29, 1.82) is 0 Å². The molecule has 182 valence electrons. The maximum atomic E-state index is 13.1. The number of hydrogen-bond donors (Lipinski definition) is 1. The van der Waals surface area contributed by atoms with E-state index in [1.165, 1.54) is 15.4 Å². The van der Waals surface area contributed by atoms with Crippen LogP contribution in [0.15, 0.2) is 83.8 Å². The third-order valence-corrected chi connectivity index (χ3v) is 8.35. The quantitative estimate of drug-likeness (QED) is 0.405. The molecule has 4 aromatic rings. The predicted molar refractivity (Wildman–Crippen MR) is 137 cm³/mol. The van der Waals surface area contributed by atoms with Crippen LogP contribution >= 0.6 is 0 Å². The van der Waals surface area contributed by atoms with Crippen molar-refractivity contribution in [2.24, 2.45) is 0 Å². The van der Waals surface area contributed by atoms with Gasteiger partial charge in [-0.15, -0.1) is 0 Å². The van der Waals surface area contributed by atoms with Crippen LogP contribution in [0, 0.1) is 0 Å². The third-order valence-electron chi connectivity index (χ3n) is 6.45. The summed E-state index contributed by atoms with van der Waals surface area (Å²) in [6, 6.07) is 26.0. The van der Waals surface area contributed by atoms with Gasteiger partial charge in [0.2, 0.25) is 10.0 Å². The van der Waals surface area contributed by atoms with Crippen LogP contribution in [0.2, 0.25) is 0 Å². The minimum atomic E-state index is -3.57. The van der Waals surface area contributed by atoms with E-state index in [0.29, 0.717) is 38.4 Å². The lowest BCUT2D eigenvalue weighted by Gasteiger charge is -2.26. The van der Waals surface area contributed by atoms with E-state index in [-0.39, 0.29) is 10.9 Å². The number of hydrogen-bond acceptors (Lipinski definition) is 5. The average Bonchev–Trinajstić information content (AvgIpc) is 3.27. The zero-order valence-corrected chi connectivity index (χ0v) is 20.6. The van der Waals surface area contributed by atoms with Crippen molar-refractivity contribution in [3.05, 3.63) is 95.8 Å². The Morgan fingerprint density at radius 2 is 1.57 bits per heavy atom. The lowest BCUT2D eigenvalue weighted by molar-refractivity contribution is 0.0730. The van der Waals surface area contributed by atoms with E-state index < -0.39 is 10.0 Å². The van der Waals surface area contributed by atoms with Gasteiger partial charge < -0.3 is 9.30 Å². The smallest absolute Gasteiger partial charge is 0.243 e. The SMILES string of the molecule is CCn1c(CNC(c2ccccc2)c2ccccc2)nc2cc(S(=O)(=O)N3CCOCC3)ccc21. The summed E-state index contributed by atoms with van der Waals surface area (Å²) in [7, 11) is -3.57. The van der Waals surface area contributed by atoms with Gasteiger partial charge >= 0.3 is 0 Å². The largest absolute Gasteiger partial charge is 0.379 e. The highest BCUT2D eigenvalue weighted by Gasteiger charge is 2.27. The van der Waals surface area contributed by atoms with Gasteiger partial charge in [0.1, 0.15) is 5.82 Å². The number of ether oxygens (including phenoxy) is 1. The Bertz CT molecular complexity index is 1340. The number of nitrogens with one attached hydrogen (secondary N) is 1. The zero-order valence-electron chi connectivity index (χ0n) is 19.8. The summed E-state index contributed by atoms with van der Waals surface area (Å²) in [5.41, 5.74) is 3.98. The molecule has 0 unspecified atom stereocenters. The minimum Gasteiger partial charge on any atom is -0.379 e. The Labute approximate surface area is 206 Å². The minimum absolute atomic E-state index is 0.0137. The van der Waals surface area contributed by atoms with Crippen LogP contribution in [0.3, 0.4) is 0 Å². The molecular formula is C27H30N4O3S. The van der Waals surface area contributed by atoms with E-state index in [4.69, 9.17) is 9.72 Å². The number of morpholine rings is 1. The van der Waals surface area contributed by atoms with Crippen LogP contribution < -0.4 is 5.32 Å². The number of fused-ring (bicyclic) bond motifs is 1. The summed E-state index contributed by atoms with van der Waals surface area (Å²) in [4.78, 5) is 5.13. The Morgan fingerprint density at radius 1 is 0.943 bits per heavy atom. The van der Waals surface area contributed by atoms with Gasteiger partial charge in [-0.2, -0.15) is 4.31 Å². The summed E-state index contributed by atoms with van der Waals surface area (Å²) >= 11 is 0. The predicted octanol–water partition coefficient (Wildman–Crippen LogP) is 3.96. The fraction of sp³-hybridized carbons (Fsp3) is 0.296. The van der Waals surface area contributed by atoms with Gasteiger partial charge in [0.25, 0.3) is 0 Å². The molecule has 1 N–H and O–H groups in total. The van der Waals surface area contributed by atoms with Crippen LogP contribution in [-0.4, -0.2) is 48.6 Å². The molecule has 0 saturated carbocycles. The molecule has 0 radical (unpaired) electrons. The van der Waals surface area contributed by atoms with Crippen molar-refractivity contribution in [1.82, 2.24) is 19.2 Å². The van der Waals surface area contributed by atoms with E-state index in [9.17, 15) is 8.42 Å². The van der Waals surface area contributed by atoms with Crippen LogP contribution in [0.4, 0.5) is 0 Å². The first-order valence-corrected chi connectivity index (χ1v) is 13.4. The molecule has 1 saturated heterocycles. The van der Waals surface area contributed by atoms with Crippen LogP contribution in [0.5, 0.6) is 0 Å². The number of nitrogens with zero attached hydrogens (tertiary/aromatic N) is 3. The Hall–Kier alpha value is -3.04. The first kappa shape index (κ1) is 23.7. The van der Waals surface area contributed by atoms with Crippen molar-refractivity contribution in [2.75, 3.05) is 26.3 Å². The highest BCUT2D eigenvalue weighted by Crippen LogP contribution is 2.26. The number of rotatable bonds is 8. The van der Waals surface area contributed by atoms with Gasteiger partial charge in [0, 0.05) is 19.6 Å². The van der Waals surface area contributed by atoms with E-state index in [2.05, 4.69) is 41.1 Å². The standard InChI is InChI=1S/C27H30N4O3S/c1-2-31-25-14-13-23(35(32,33)30-15-17-34-18-16-30)19-24(25)29-26(31)20-28-27(21-9-5-3-6-10-21)22-11-7-4-8-12-22/h3-14,19,27-28H,2,15-18,20H2,1H3. The average molecular weight is 491 g/mol. The summed E-state index contributed by atoms with van der Waals surface area (Å²) < 4.78 is 35.2. The normalized spacial score (nSPS) is 15.1. The highest BCUT2D eigenvalue weighted by atomic mass is 32.2. The Balaban J connectivity index is 1.45. The maximum absolute atomic E-state index is 13.1. The molecule has 5 rings (SSSR count). The van der Waals surface area contributed by atoms with Crippen molar-refractivity contribution < 1.29 is 13.2 Å². The van der Waals surface area contributed by atoms with E-state index in [1.807, 2.05) is 42.5 Å². The van der Waals surface area contributed by atoms with E-state index in [1.54, 1.807) is 12.1 Å². The Kier molecular flexibility index (Phi) is 6.97. The monoisotopic (exact) mass is 490 g/mol. The van der Waals surface area contributed by atoms with Crippen LogP contribution in [0.25, 0.3) is 11.0 Å². The zero-order chi connectivity index (χ0) is 24.3. The van der Waals surface area contributed by atoms with E-state index in [0.717, 1.165) is 17.9 Å². The molecule has 1 aromatic heterocycles. The van der Waals surface area contributed by atoms with Gasteiger partial charge in [-0.05, 0) is 36.2 Å². The summed E-state index contributed by atoms with van der Waals surface area (Å²) in [6.45, 7) is 4.96. The van der Waals surface area contributed by atoms with Gasteiger partial charge in [-0.25, -0.2) is 13.4 Å². The molecule has 0 amide bonds. The lowest BCUT2D eigenvalue weighted by atomic mass is 9.99. The fourth-order valence-corrected chi connectivity index (χ4v) is 6.08. The van der Waals surface area contributed by atoms with Crippen LogP contribution in [-0.2, 0) is 27.8 Å². The highest BCUT2D eigenvalue weighted by molar-refractivity contribution is 7.89. The molecule has 0 aliphatic carbocycles. The third kappa shape index (κ3) is 4.88. The van der Waals surface area contributed by atoms with Crippen molar-refractivity contribution in [2.45, 2.75) is 31.0 Å². The second kappa shape index (κ2) is 10.3. The van der Waals surface area contributed by atoms with Crippen molar-refractivity contribution in [3.8, 4) is 0 Å². The molecule has 0 atom stereocenters. The van der Waals surface area contributed by atoms with Crippen molar-refractivity contribution >= 4 is 21.1 Å². The molecule has 35 heavy (non-hydrogen) atoms. The summed E-state index contributed by atoms with van der Waals surface area (Å²) in [5, 5.41) is 3.68. The number of imidazole rings is 1. The molecule has 1 fully saturated rings. The maximum Gasteiger partial charge on any atom is 0.243 e. The number of aromatic nitrogens is 2. The number of sulfonamides is 1. The first-order chi connectivity index (χ1) is 17.1. The topological polar surface area (TPSA) is 76.5 Å². The number of benzene rings is 3. The lowest BCUT2D eigenvalue weighted by Crippen LogP contribution is -2.40. The molecule has 0 bridgehead atoms. The summed E-state index contributed by atoms with van der Waals surface area (Å²) in [6.07, 6.45) is 0. The molecular weight excluding hydrogens is 460 g/mol. The van der Waals surface area contributed by atoms with Gasteiger partial charge in [0.15, 0.2) is 0 Å². The molecule has 0 spiro atoms. The molecule has 2 heterocycles. The molecule has 1 aliphatic rings. The van der Waals surface area contributed by atoms with Gasteiger partial charge in [-0.1, -0.05) is 60.7 Å². The Morgan fingerprint density at radius 3 is 2.17 bits per heavy atom. The molecule has 3 aromatic carbocycles. The number of aryl methyl sites for hydroxylation is 1. The fourth-order valence-electron chi connectivity index (χ4n) is 4.66. The second-order valence-electron chi connectivity index (χ2n) is 8.57. The van der Waals surface area contributed by atoms with Crippen molar-refractivity contribution in [3.63, 3.8) is 0 Å². The first-order valence-electron chi connectivity index (χ1n) is 12.0. The summed E-state index contributed by atoms with van der Waals surface area (Å²) in [5.74, 6) is 0.875. The van der Waals surface area contributed by atoms with Gasteiger partial charge in [0.05, 0.1) is 41.7 Å². The molecule has 8 heteroatoms.